The first-order chi connectivity index (χ1) is 6.77. The zero-order chi connectivity index (χ0) is 10.4. The van der Waals surface area contributed by atoms with Gasteiger partial charge in [-0.15, -0.1) is 0 Å². The van der Waals surface area contributed by atoms with E-state index in [9.17, 15) is 4.39 Å². The molecule has 0 aliphatic heterocycles. The zero-order valence-corrected chi connectivity index (χ0v) is 10.8. The summed E-state index contributed by atoms with van der Waals surface area (Å²) in [6.07, 6.45) is 0.444. The van der Waals surface area contributed by atoms with Gasteiger partial charge < -0.3 is 4.74 Å². The average Bonchev–Trinajstić information content (AvgIpc) is 2.21. The molecule has 0 bridgehead atoms. The highest BCUT2D eigenvalue weighted by atomic mass is 79.9. The van der Waals surface area contributed by atoms with E-state index in [1.54, 1.807) is 0 Å². The van der Waals surface area contributed by atoms with Crippen molar-refractivity contribution >= 4 is 31.9 Å². The van der Waals surface area contributed by atoms with Crippen molar-refractivity contribution in [2.24, 2.45) is 0 Å². The molecule has 0 unspecified atom stereocenters. The maximum atomic E-state index is 11.8. The van der Waals surface area contributed by atoms with Gasteiger partial charge >= 0.3 is 0 Å². The van der Waals surface area contributed by atoms with Gasteiger partial charge in [-0.2, -0.15) is 0 Å². The first-order valence-corrected chi connectivity index (χ1v) is 6.22. The van der Waals surface area contributed by atoms with Gasteiger partial charge in [0, 0.05) is 16.2 Å². The number of ether oxygens (including phenoxy) is 1. The minimum Gasteiger partial charge on any atom is -0.493 e. The van der Waals surface area contributed by atoms with Crippen LogP contribution in [-0.4, -0.2) is 13.3 Å². The number of benzene rings is 1. The summed E-state index contributed by atoms with van der Waals surface area (Å²) in [4.78, 5) is 0. The Bertz CT molecular complexity index is 291. The monoisotopic (exact) mass is 324 g/mol. The van der Waals surface area contributed by atoms with E-state index in [1.165, 1.54) is 0 Å². The summed E-state index contributed by atoms with van der Waals surface area (Å²) >= 11 is 6.81. The maximum Gasteiger partial charge on any atom is 0.119 e. The number of hydrogen-bond acceptors (Lipinski definition) is 1. The molecule has 0 aliphatic rings. The first kappa shape index (κ1) is 12.0. The van der Waals surface area contributed by atoms with Crippen molar-refractivity contribution in [3.63, 3.8) is 0 Å². The lowest BCUT2D eigenvalue weighted by atomic mass is 10.2. The van der Waals surface area contributed by atoms with Crippen LogP contribution >= 0.6 is 31.9 Å². The third-order valence-electron chi connectivity index (χ3n) is 1.71. The SMILES string of the molecule is FCCCOc1ccc(Br)c(CBr)c1. The van der Waals surface area contributed by atoms with Gasteiger partial charge in [-0.1, -0.05) is 31.9 Å². The average molecular weight is 326 g/mol. The summed E-state index contributed by atoms with van der Waals surface area (Å²) in [5.74, 6) is 0.788. The molecule has 0 radical (unpaired) electrons. The number of halogens is 3. The lowest BCUT2D eigenvalue weighted by Crippen LogP contribution is -1.98. The standard InChI is InChI=1S/C10H11Br2FO/c11-7-8-6-9(2-3-10(8)12)14-5-1-4-13/h2-3,6H,1,4-5,7H2. The minimum atomic E-state index is -0.332. The molecule has 0 amide bonds. The van der Waals surface area contributed by atoms with Crippen LogP contribution in [0.1, 0.15) is 12.0 Å². The molecule has 0 saturated carbocycles. The van der Waals surface area contributed by atoms with Crippen molar-refractivity contribution in [2.45, 2.75) is 11.8 Å². The molecule has 1 rings (SSSR count). The van der Waals surface area contributed by atoms with Crippen LogP contribution in [-0.2, 0) is 5.33 Å². The summed E-state index contributed by atoms with van der Waals surface area (Å²) in [5.41, 5.74) is 1.13. The Morgan fingerprint density at radius 1 is 1.36 bits per heavy atom. The van der Waals surface area contributed by atoms with E-state index in [2.05, 4.69) is 31.9 Å². The van der Waals surface area contributed by atoms with Crippen LogP contribution in [0.15, 0.2) is 22.7 Å². The molecule has 0 aromatic heterocycles. The molecule has 78 valence electrons. The zero-order valence-electron chi connectivity index (χ0n) is 7.60. The molecule has 14 heavy (non-hydrogen) atoms. The summed E-state index contributed by atoms with van der Waals surface area (Å²) in [7, 11) is 0. The highest BCUT2D eigenvalue weighted by molar-refractivity contribution is 9.10. The molecule has 1 aromatic carbocycles. The van der Waals surface area contributed by atoms with Crippen molar-refractivity contribution in [2.75, 3.05) is 13.3 Å². The van der Waals surface area contributed by atoms with E-state index in [0.29, 0.717) is 13.0 Å². The first-order valence-electron chi connectivity index (χ1n) is 4.31. The minimum absolute atomic E-state index is 0.332. The van der Waals surface area contributed by atoms with Crippen LogP contribution in [0.25, 0.3) is 0 Å². The second-order valence-corrected chi connectivity index (χ2v) is 4.19. The fourth-order valence-electron chi connectivity index (χ4n) is 0.988. The van der Waals surface area contributed by atoms with E-state index >= 15 is 0 Å². The molecule has 0 N–H and O–H groups in total. The van der Waals surface area contributed by atoms with Crippen molar-refractivity contribution in [3.05, 3.63) is 28.2 Å². The normalized spacial score (nSPS) is 10.2. The van der Waals surface area contributed by atoms with Crippen molar-refractivity contribution < 1.29 is 9.13 Å². The van der Waals surface area contributed by atoms with Crippen LogP contribution in [0.2, 0.25) is 0 Å². The molecule has 0 fully saturated rings. The summed E-state index contributed by atoms with van der Waals surface area (Å²) < 4.78 is 18.2. The van der Waals surface area contributed by atoms with Crippen LogP contribution in [0.3, 0.4) is 0 Å². The fourth-order valence-corrected chi connectivity index (χ4v) is 2.21. The Kier molecular flexibility index (Phi) is 5.48. The van der Waals surface area contributed by atoms with E-state index in [1.807, 2.05) is 18.2 Å². The van der Waals surface area contributed by atoms with Crippen LogP contribution in [0.4, 0.5) is 4.39 Å². The molecule has 0 saturated heterocycles. The lowest BCUT2D eigenvalue weighted by molar-refractivity contribution is 0.289. The van der Waals surface area contributed by atoms with Gasteiger partial charge in [-0.3, -0.25) is 4.39 Å². The largest absolute Gasteiger partial charge is 0.493 e. The molecular formula is C10H11Br2FO. The number of rotatable bonds is 5. The van der Waals surface area contributed by atoms with Crippen LogP contribution < -0.4 is 4.74 Å². The number of hydrogen-bond donors (Lipinski definition) is 0. The Morgan fingerprint density at radius 2 is 2.14 bits per heavy atom. The highest BCUT2D eigenvalue weighted by Crippen LogP contribution is 2.24. The van der Waals surface area contributed by atoms with Gasteiger partial charge in [0.15, 0.2) is 0 Å². The van der Waals surface area contributed by atoms with Crippen molar-refractivity contribution in [3.8, 4) is 5.75 Å². The Morgan fingerprint density at radius 3 is 2.79 bits per heavy atom. The Labute approximate surface area is 99.9 Å². The third kappa shape index (κ3) is 3.58. The van der Waals surface area contributed by atoms with Gasteiger partial charge in [-0.05, 0) is 23.8 Å². The molecular weight excluding hydrogens is 315 g/mol. The van der Waals surface area contributed by atoms with Gasteiger partial charge in [0.25, 0.3) is 0 Å². The Hall–Kier alpha value is -0.0900. The predicted molar refractivity (Wildman–Crippen MR) is 62.9 cm³/mol. The summed E-state index contributed by atoms with van der Waals surface area (Å²) in [6.45, 7) is 0.0989. The second-order valence-electron chi connectivity index (χ2n) is 2.78. The van der Waals surface area contributed by atoms with E-state index in [4.69, 9.17) is 4.74 Å². The van der Waals surface area contributed by atoms with Crippen molar-refractivity contribution in [1.82, 2.24) is 0 Å². The molecule has 0 aliphatic carbocycles. The fraction of sp³-hybridized carbons (Fsp3) is 0.400. The second kappa shape index (κ2) is 6.40. The highest BCUT2D eigenvalue weighted by Gasteiger charge is 2.00. The third-order valence-corrected chi connectivity index (χ3v) is 3.09. The maximum absolute atomic E-state index is 11.8. The lowest BCUT2D eigenvalue weighted by Gasteiger charge is -2.07. The van der Waals surface area contributed by atoms with Gasteiger partial charge in [0.1, 0.15) is 5.75 Å². The molecule has 4 heteroatoms. The Balaban J connectivity index is 2.60. The smallest absolute Gasteiger partial charge is 0.119 e. The molecule has 1 aromatic rings. The molecule has 0 heterocycles. The predicted octanol–water partition coefficient (Wildman–Crippen LogP) is 4.08. The topological polar surface area (TPSA) is 9.23 Å². The molecule has 0 spiro atoms. The van der Waals surface area contributed by atoms with Gasteiger partial charge in [0.2, 0.25) is 0 Å². The molecule has 0 atom stereocenters. The van der Waals surface area contributed by atoms with Crippen molar-refractivity contribution in [1.29, 1.82) is 0 Å². The van der Waals surface area contributed by atoms with E-state index in [-0.39, 0.29) is 6.67 Å². The summed E-state index contributed by atoms with van der Waals surface area (Å²) in [6, 6.07) is 5.74. The van der Waals surface area contributed by atoms with Gasteiger partial charge in [0.05, 0.1) is 13.3 Å². The molecule has 1 nitrogen and oxygen atoms in total. The quantitative estimate of drug-likeness (QED) is 0.585. The van der Waals surface area contributed by atoms with Crippen LogP contribution in [0.5, 0.6) is 5.75 Å². The van der Waals surface area contributed by atoms with Gasteiger partial charge in [-0.25, -0.2) is 0 Å². The van der Waals surface area contributed by atoms with E-state index < -0.39 is 0 Å². The van der Waals surface area contributed by atoms with E-state index in [0.717, 1.165) is 21.1 Å². The van der Waals surface area contributed by atoms with Crippen LogP contribution in [0, 0.1) is 0 Å². The number of alkyl halides is 2. The summed E-state index contributed by atoms with van der Waals surface area (Å²) in [5, 5.41) is 0.772.